The zero-order chi connectivity index (χ0) is 17.2. The standard InChI is InChI=1S/C16H12ClN5OS2/c1-10-19-20-16(22(10)12-6-4-11(17)5-7-12)25-9-14-18-15(21-23-14)13-3-2-8-24-13/h2-8H,9H2,1H3. The van der Waals surface area contributed by atoms with Crippen molar-refractivity contribution in [2.24, 2.45) is 0 Å². The SMILES string of the molecule is Cc1nnc(SCc2nc(-c3cccs3)no2)n1-c1ccc(Cl)cc1. The van der Waals surface area contributed by atoms with Crippen molar-refractivity contribution in [2.45, 2.75) is 17.8 Å². The molecular weight excluding hydrogens is 378 g/mol. The molecule has 0 saturated heterocycles. The summed E-state index contributed by atoms with van der Waals surface area (Å²) < 4.78 is 7.30. The van der Waals surface area contributed by atoms with Crippen molar-refractivity contribution in [3.63, 3.8) is 0 Å². The van der Waals surface area contributed by atoms with Crippen molar-refractivity contribution in [1.82, 2.24) is 24.9 Å². The van der Waals surface area contributed by atoms with E-state index in [-0.39, 0.29) is 0 Å². The topological polar surface area (TPSA) is 69.6 Å². The van der Waals surface area contributed by atoms with E-state index in [1.54, 1.807) is 11.3 Å². The van der Waals surface area contributed by atoms with Gasteiger partial charge < -0.3 is 4.52 Å². The van der Waals surface area contributed by atoms with Crippen molar-refractivity contribution < 1.29 is 4.52 Å². The minimum Gasteiger partial charge on any atom is -0.338 e. The summed E-state index contributed by atoms with van der Waals surface area (Å²) in [5, 5.41) is 15.9. The lowest BCUT2D eigenvalue weighted by atomic mass is 10.3. The van der Waals surface area contributed by atoms with Crippen molar-refractivity contribution >= 4 is 34.7 Å². The molecule has 0 atom stereocenters. The van der Waals surface area contributed by atoms with Gasteiger partial charge in [0.2, 0.25) is 11.7 Å². The number of halogens is 1. The van der Waals surface area contributed by atoms with E-state index in [9.17, 15) is 0 Å². The molecule has 0 aliphatic heterocycles. The molecule has 0 saturated carbocycles. The fourth-order valence-corrected chi connectivity index (χ4v) is 3.88. The van der Waals surface area contributed by atoms with Gasteiger partial charge in [0.1, 0.15) is 5.82 Å². The lowest BCUT2D eigenvalue weighted by Gasteiger charge is -2.07. The summed E-state index contributed by atoms with van der Waals surface area (Å²) in [6.45, 7) is 1.91. The van der Waals surface area contributed by atoms with Crippen LogP contribution in [-0.4, -0.2) is 24.9 Å². The van der Waals surface area contributed by atoms with E-state index in [0.29, 0.717) is 22.5 Å². The summed E-state index contributed by atoms with van der Waals surface area (Å²) in [7, 11) is 0. The first kappa shape index (κ1) is 16.3. The van der Waals surface area contributed by atoms with Crippen LogP contribution in [0, 0.1) is 6.92 Å². The summed E-state index contributed by atoms with van der Waals surface area (Å²) in [6.07, 6.45) is 0. The molecular formula is C16H12ClN5OS2. The van der Waals surface area contributed by atoms with E-state index in [1.165, 1.54) is 11.8 Å². The van der Waals surface area contributed by atoms with Gasteiger partial charge in [0.25, 0.3) is 0 Å². The Bertz CT molecular complexity index is 979. The Kier molecular flexibility index (Phi) is 4.56. The predicted molar refractivity (Wildman–Crippen MR) is 98.3 cm³/mol. The van der Waals surface area contributed by atoms with Crippen LogP contribution in [0.4, 0.5) is 0 Å². The quantitative estimate of drug-likeness (QED) is 0.463. The number of aromatic nitrogens is 5. The van der Waals surface area contributed by atoms with Crippen LogP contribution in [0.1, 0.15) is 11.7 Å². The van der Waals surface area contributed by atoms with Gasteiger partial charge in [-0.3, -0.25) is 4.57 Å². The normalized spacial score (nSPS) is 11.1. The molecule has 0 aliphatic rings. The number of hydrogen-bond donors (Lipinski definition) is 0. The fourth-order valence-electron chi connectivity index (χ4n) is 2.27. The molecule has 0 unspecified atom stereocenters. The van der Waals surface area contributed by atoms with E-state index < -0.39 is 0 Å². The number of benzene rings is 1. The molecule has 126 valence electrons. The van der Waals surface area contributed by atoms with Gasteiger partial charge in [-0.2, -0.15) is 4.98 Å². The lowest BCUT2D eigenvalue weighted by Crippen LogP contribution is -1.99. The summed E-state index contributed by atoms with van der Waals surface area (Å²) >= 11 is 9.04. The molecule has 0 N–H and O–H groups in total. The van der Waals surface area contributed by atoms with Crippen molar-refractivity contribution in [1.29, 1.82) is 0 Å². The molecule has 9 heteroatoms. The van der Waals surface area contributed by atoms with E-state index in [0.717, 1.165) is 21.5 Å². The average molecular weight is 390 g/mol. The molecule has 25 heavy (non-hydrogen) atoms. The summed E-state index contributed by atoms with van der Waals surface area (Å²) in [5.74, 6) is 2.48. The molecule has 4 rings (SSSR count). The van der Waals surface area contributed by atoms with Crippen LogP contribution in [0.2, 0.25) is 5.02 Å². The van der Waals surface area contributed by atoms with Gasteiger partial charge in [-0.1, -0.05) is 34.6 Å². The third-order valence-corrected chi connectivity index (χ3v) is 5.45. The molecule has 0 spiro atoms. The van der Waals surface area contributed by atoms with Crippen LogP contribution in [0.15, 0.2) is 51.5 Å². The number of thiophene rings is 1. The predicted octanol–water partition coefficient (Wildman–Crippen LogP) is 4.63. The van der Waals surface area contributed by atoms with Crippen LogP contribution >= 0.6 is 34.7 Å². The first-order valence-electron chi connectivity index (χ1n) is 7.38. The number of hydrogen-bond acceptors (Lipinski definition) is 7. The Morgan fingerprint density at radius 2 is 2.04 bits per heavy atom. The van der Waals surface area contributed by atoms with Gasteiger partial charge in [-0.25, -0.2) is 0 Å². The van der Waals surface area contributed by atoms with Gasteiger partial charge in [-0.05, 0) is 42.6 Å². The Hall–Kier alpha value is -2.16. The highest BCUT2D eigenvalue weighted by Gasteiger charge is 2.15. The summed E-state index contributed by atoms with van der Waals surface area (Å²) in [4.78, 5) is 5.41. The van der Waals surface area contributed by atoms with Gasteiger partial charge in [0.05, 0.1) is 10.6 Å². The number of thioether (sulfide) groups is 1. The van der Waals surface area contributed by atoms with Crippen LogP contribution in [0.3, 0.4) is 0 Å². The Balaban J connectivity index is 1.53. The highest BCUT2D eigenvalue weighted by Crippen LogP contribution is 2.27. The second kappa shape index (κ2) is 6.99. The van der Waals surface area contributed by atoms with Gasteiger partial charge >= 0.3 is 0 Å². The lowest BCUT2D eigenvalue weighted by molar-refractivity contribution is 0.391. The second-order valence-electron chi connectivity index (χ2n) is 5.12. The highest BCUT2D eigenvalue weighted by molar-refractivity contribution is 7.98. The Morgan fingerprint density at radius 3 is 2.80 bits per heavy atom. The van der Waals surface area contributed by atoms with E-state index >= 15 is 0 Å². The fraction of sp³-hybridized carbons (Fsp3) is 0.125. The van der Waals surface area contributed by atoms with Crippen molar-refractivity contribution in [2.75, 3.05) is 0 Å². The first-order chi connectivity index (χ1) is 12.2. The first-order valence-corrected chi connectivity index (χ1v) is 9.62. The molecule has 4 aromatic rings. The average Bonchev–Trinajstić information content (AvgIpc) is 3.34. The second-order valence-corrected chi connectivity index (χ2v) is 7.45. The zero-order valence-corrected chi connectivity index (χ0v) is 15.5. The smallest absolute Gasteiger partial charge is 0.237 e. The van der Waals surface area contributed by atoms with Gasteiger partial charge in [0.15, 0.2) is 5.16 Å². The van der Waals surface area contributed by atoms with Crippen LogP contribution in [0.25, 0.3) is 16.4 Å². The molecule has 1 aromatic carbocycles. The monoisotopic (exact) mass is 389 g/mol. The van der Waals surface area contributed by atoms with Crippen molar-refractivity contribution in [3.05, 3.63) is 58.5 Å². The Labute approximate surface area is 156 Å². The maximum absolute atomic E-state index is 5.97. The molecule has 0 aliphatic carbocycles. The third-order valence-electron chi connectivity index (χ3n) is 3.41. The molecule has 0 radical (unpaired) electrons. The molecule has 6 nitrogen and oxygen atoms in total. The van der Waals surface area contributed by atoms with E-state index in [4.69, 9.17) is 16.1 Å². The van der Waals surface area contributed by atoms with E-state index in [1.807, 2.05) is 53.3 Å². The maximum atomic E-state index is 5.97. The number of rotatable bonds is 5. The minimum atomic E-state index is 0.518. The molecule has 0 amide bonds. The highest BCUT2D eigenvalue weighted by atomic mass is 35.5. The summed E-state index contributed by atoms with van der Waals surface area (Å²) in [6, 6.07) is 11.5. The van der Waals surface area contributed by atoms with E-state index in [2.05, 4.69) is 20.3 Å². The molecule has 3 heterocycles. The zero-order valence-electron chi connectivity index (χ0n) is 13.1. The molecule has 3 aromatic heterocycles. The van der Waals surface area contributed by atoms with Gasteiger partial charge in [0, 0.05) is 10.7 Å². The number of aryl methyl sites for hydroxylation is 1. The van der Waals surface area contributed by atoms with Gasteiger partial charge in [-0.15, -0.1) is 21.5 Å². The van der Waals surface area contributed by atoms with Crippen molar-refractivity contribution in [3.8, 4) is 16.4 Å². The third kappa shape index (κ3) is 3.46. The van der Waals surface area contributed by atoms with Crippen LogP contribution in [-0.2, 0) is 5.75 Å². The van der Waals surface area contributed by atoms with Crippen LogP contribution < -0.4 is 0 Å². The Morgan fingerprint density at radius 1 is 1.20 bits per heavy atom. The largest absolute Gasteiger partial charge is 0.338 e. The minimum absolute atomic E-state index is 0.518. The van der Waals surface area contributed by atoms with Crippen LogP contribution in [0.5, 0.6) is 0 Å². The molecule has 0 fully saturated rings. The molecule has 0 bridgehead atoms. The summed E-state index contributed by atoms with van der Waals surface area (Å²) in [5.41, 5.74) is 0.958. The maximum Gasteiger partial charge on any atom is 0.237 e. The number of nitrogens with zero attached hydrogens (tertiary/aromatic N) is 5.